The van der Waals surface area contributed by atoms with Crippen molar-refractivity contribution in [1.29, 1.82) is 0 Å². The molecule has 3 heterocycles. The minimum atomic E-state index is -4.63. The molecule has 27 heavy (non-hydrogen) atoms. The molecule has 0 bridgehead atoms. The first-order valence-corrected chi connectivity index (χ1v) is 8.71. The third-order valence-electron chi connectivity index (χ3n) is 5.11. The summed E-state index contributed by atoms with van der Waals surface area (Å²) in [6, 6.07) is 5.61. The van der Waals surface area contributed by atoms with Crippen LogP contribution in [0, 0.1) is 11.8 Å². The zero-order valence-electron chi connectivity index (χ0n) is 14.6. The molecular formula is C17H21F3N4O3. The molecule has 1 N–H and O–H groups in total. The van der Waals surface area contributed by atoms with Crippen molar-refractivity contribution in [3.05, 3.63) is 24.4 Å². The molecule has 0 aliphatic carbocycles. The van der Waals surface area contributed by atoms with Crippen LogP contribution in [0.4, 0.5) is 19.0 Å². The van der Waals surface area contributed by atoms with E-state index in [9.17, 15) is 22.8 Å². The van der Waals surface area contributed by atoms with Crippen LogP contribution in [0.15, 0.2) is 24.4 Å². The molecule has 2 aliphatic rings. The fourth-order valence-electron chi connectivity index (χ4n) is 3.56. The number of aromatic nitrogens is 1. The molecule has 2 aliphatic heterocycles. The van der Waals surface area contributed by atoms with Crippen molar-refractivity contribution >= 4 is 17.7 Å². The first kappa shape index (κ1) is 19.4. The second-order valence-electron chi connectivity index (χ2n) is 6.84. The van der Waals surface area contributed by atoms with Crippen LogP contribution in [0.25, 0.3) is 0 Å². The smallest absolute Gasteiger partial charge is 0.394 e. The summed E-state index contributed by atoms with van der Waals surface area (Å²) in [5, 5.41) is 9.05. The molecule has 3 rings (SSSR count). The molecule has 0 unspecified atom stereocenters. The quantitative estimate of drug-likeness (QED) is 0.830. The van der Waals surface area contributed by atoms with Gasteiger partial charge in [0.1, 0.15) is 5.82 Å². The number of carbonyl (C=O) groups is 2. The van der Waals surface area contributed by atoms with Crippen molar-refractivity contribution in [2.75, 3.05) is 50.7 Å². The number of amides is 1. The predicted octanol–water partition coefficient (Wildman–Crippen LogP) is 0.925. The van der Waals surface area contributed by atoms with Crippen molar-refractivity contribution < 1.29 is 27.9 Å². The number of piperazine rings is 1. The van der Waals surface area contributed by atoms with Crippen LogP contribution in [0.5, 0.6) is 0 Å². The highest BCUT2D eigenvalue weighted by molar-refractivity contribution is 5.80. The highest BCUT2D eigenvalue weighted by Gasteiger charge is 2.53. The van der Waals surface area contributed by atoms with Crippen molar-refractivity contribution in [3.8, 4) is 0 Å². The second-order valence-corrected chi connectivity index (χ2v) is 6.84. The van der Waals surface area contributed by atoms with Crippen LogP contribution in [-0.4, -0.2) is 83.8 Å². The van der Waals surface area contributed by atoms with Crippen molar-refractivity contribution in [2.24, 2.45) is 11.8 Å². The van der Waals surface area contributed by atoms with Crippen molar-refractivity contribution in [1.82, 2.24) is 14.8 Å². The number of hydrogen-bond donors (Lipinski definition) is 1. The van der Waals surface area contributed by atoms with Gasteiger partial charge in [0.2, 0.25) is 5.91 Å². The number of nitrogens with zero attached hydrogens (tertiary/aromatic N) is 4. The Balaban J connectivity index is 1.53. The lowest BCUT2D eigenvalue weighted by Crippen LogP contribution is -2.50. The van der Waals surface area contributed by atoms with Gasteiger partial charge in [0.25, 0.3) is 0 Å². The average molecular weight is 386 g/mol. The number of rotatable bonds is 4. The normalized spacial score (nSPS) is 24.3. The zero-order valence-corrected chi connectivity index (χ0v) is 14.6. The summed E-state index contributed by atoms with van der Waals surface area (Å²) < 4.78 is 39.1. The van der Waals surface area contributed by atoms with E-state index in [0.717, 1.165) is 10.7 Å². The number of hydrogen-bond acceptors (Lipinski definition) is 5. The molecule has 7 nitrogen and oxygen atoms in total. The lowest BCUT2D eigenvalue weighted by molar-refractivity contribution is -0.188. The van der Waals surface area contributed by atoms with Crippen LogP contribution >= 0.6 is 0 Å². The summed E-state index contributed by atoms with van der Waals surface area (Å²) in [5.74, 6) is -4.74. The van der Waals surface area contributed by atoms with E-state index in [1.807, 2.05) is 23.1 Å². The number of pyridine rings is 1. The Morgan fingerprint density at radius 3 is 2.37 bits per heavy atom. The van der Waals surface area contributed by atoms with E-state index in [1.54, 1.807) is 6.20 Å². The van der Waals surface area contributed by atoms with Gasteiger partial charge in [0.15, 0.2) is 0 Å². The van der Waals surface area contributed by atoms with Gasteiger partial charge in [-0.3, -0.25) is 14.5 Å². The van der Waals surface area contributed by atoms with Gasteiger partial charge < -0.3 is 14.9 Å². The van der Waals surface area contributed by atoms with Gasteiger partial charge in [-0.25, -0.2) is 4.98 Å². The lowest BCUT2D eigenvalue weighted by atomic mass is 9.96. The van der Waals surface area contributed by atoms with Crippen LogP contribution in [0.1, 0.15) is 0 Å². The lowest BCUT2D eigenvalue weighted by Gasteiger charge is -2.35. The van der Waals surface area contributed by atoms with Gasteiger partial charge in [-0.05, 0) is 12.1 Å². The van der Waals surface area contributed by atoms with E-state index in [1.165, 1.54) is 0 Å². The fourth-order valence-corrected chi connectivity index (χ4v) is 3.56. The molecule has 2 saturated heterocycles. The van der Waals surface area contributed by atoms with Crippen LogP contribution in [0.2, 0.25) is 0 Å². The van der Waals surface area contributed by atoms with E-state index in [-0.39, 0.29) is 6.54 Å². The summed E-state index contributed by atoms with van der Waals surface area (Å²) in [6.07, 6.45) is -2.93. The van der Waals surface area contributed by atoms with Gasteiger partial charge in [0.05, 0.1) is 18.4 Å². The SMILES string of the molecule is O=C(O)[C@@H]1CN(C(=O)CN2CCN(c3ccccn3)CC2)C[C@H]1C(F)(F)F. The number of anilines is 1. The average Bonchev–Trinajstić information content (AvgIpc) is 3.09. The summed E-state index contributed by atoms with van der Waals surface area (Å²) in [7, 11) is 0. The molecular weight excluding hydrogens is 365 g/mol. The summed E-state index contributed by atoms with van der Waals surface area (Å²) in [4.78, 5) is 32.8. The number of likely N-dealkylation sites (tertiary alicyclic amines) is 1. The van der Waals surface area contributed by atoms with Crippen LogP contribution < -0.4 is 4.90 Å². The number of carbonyl (C=O) groups excluding carboxylic acids is 1. The van der Waals surface area contributed by atoms with Crippen LogP contribution in [-0.2, 0) is 9.59 Å². The molecule has 2 atom stereocenters. The number of carboxylic acids is 1. The number of halogens is 3. The van der Waals surface area contributed by atoms with Gasteiger partial charge in [-0.2, -0.15) is 13.2 Å². The Bertz CT molecular complexity index is 678. The van der Waals surface area contributed by atoms with E-state index < -0.39 is 43.0 Å². The molecule has 0 aromatic carbocycles. The predicted molar refractivity (Wildman–Crippen MR) is 90.1 cm³/mol. The summed E-state index contributed by atoms with van der Waals surface area (Å²) >= 11 is 0. The Kier molecular flexibility index (Phi) is 5.54. The van der Waals surface area contributed by atoms with Crippen molar-refractivity contribution in [3.63, 3.8) is 0 Å². The number of carboxylic acid groups (broad SMARTS) is 1. The minimum Gasteiger partial charge on any atom is -0.481 e. The fraction of sp³-hybridized carbons (Fsp3) is 0.588. The van der Waals surface area contributed by atoms with Gasteiger partial charge in [-0.1, -0.05) is 6.07 Å². The molecule has 0 spiro atoms. The Morgan fingerprint density at radius 2 is 1.85 bits per heavy atom. The van der Waals surface area contributed by atoms with E-state index in [0.29, 0.717) is 26.2 Å². The zero-order chi connectivity index (χ0) is 19.6. The Morgan fingerprint density at radius 1 is 1.15 bits per heavy atom. The maximum absolute atomic E-state index is 13.0. The monoisotopic (exact) mass is 386 g/mol. The maximum Gasteiger partial charge on any atom is 0.394 e. The van der Waals surface area contributed by atoms with Crippen LogP contribution in [0.3, 0.4) is 0 Å². The Labute approximate surface area is 154 Å². The highest BCUT2D eigenvalue weighted by Crippen LogP contribution is 2.37. The molecule has 148 valence electrons. The third kappa shape index (κ3) is 4.49. The minimum absolute atomic E-state index is 0.00697. The van der Waals surface area contributed by atoms with Gasteiger partial charge in [-0.15, -0.1) is 0 Å². The second kappa shape index (κ2) is 7.71. The summed E-state index contributed by atoms with van der Waals surface area (Å²) in [6.45, 7) is 1.50. The summed E-state index contributed by atoms with van der Waals surface area (Å²) in [5.41, 5.74) is 0. The molecule has 1 aromatic heterocycles. The van der Waals surface area contributed by atoms with E-state index >= 15 is 0 Å². The molecule has 1 aromatic rings. The topological polar surface area (TPSA) is 77.0 Å². The number of alkyl halides is 3. The first-order valence-electron chi connectivity index (χ1n) is 8.71. The third-order valence-corrected chi connectivity index (χ3v) is 5.11. The molecule has 2 fully saturated rings. The Hall–Kier alpha value is -2.36. The molecule has 1 amide bonds. The van der Waals surface area contributed by atoms with E-state index in [2.05, 4.69) is 9.88 Å². The highest BCUT2D eigenvalue weighted by atomic mass is 19.4. The largest absolute Gasteiger partial charge is 0.481 e. The van der Waals surface area contributed by atoms with Gasteiger partial charge >= 0.3 is 12.1 Å². The molecule has 0 saturated carbocycles. The molecule has 10 heteroatoms. The number of aliphatic carboxylic acids is 1. The van der Waals surface area contributed by atoms with Crippen molar-refractivity contribution in [2.45, 2.75) is 6.18 Å². The van der Waals surface area contributed by atoms with Gasteiger partial charge in [0, 0.05) is 45.5 Å². The molecule has 0 radical (unpaired) electrons. The first-order chi connectivity index (χ1) is 12.8. The maximum atomic E-state index is 13.0. The van der Waals surface area contributed by atoms with E-state index in [4.69, 9.17) is 5.11 Å². The standard InChI is InChI=1S/C17H21F3N4O3/c18-17(19,20)13-10-24(9-12(13)16(26)27)15(25)11-22-5-7-23(8-6-22)14-3-1-2-4-21-14/h1-4,12-13H,5-11H2,(H,26,27)/t12-,13-/m1/s1.